The number of para-hydroxylation sites is 1. The molecule has 0 bridgehead atoms. The Balaban J connectivity index is 1.97. The van der Waals surface area contributed by atoms with E-state index in [1.165, 1.54) is 12.0 Å². The lowest BCUT2D eigenvalue weighted by molar-refractivity contribution is -0.174. The second-order valence-electron chi connectivity index (χ2n) is 5.94. The molecular weight excluding hydrogens is 341 g/mol. The van der Waals surface area contributed by atoms with Gasteiger partial charge in [-0.3, -0.25) is 14.5 Å². The largest absolute Gasteiger partial charge is 0.471 e. The SMILES string of the molecule is COC(=O)[C@@H]1Cc2cccc3c2N1C(=O)[C@@H](NC(=O)C(F)(F)F)CC3. The summed E-state index contributed by atoms with van der Waals surface area (Å²) in [6, 6.07) is 2.98. The molecule has 9 heteroatoms. The number of carbonyl (C=O) groups excluding carboxylic acids is 3. The van der Waals surface area contributed by atoms with Crippen molar-refractivity contribution in [2.75, 3.05) is 12.0 Å². The first-order valence-corrected chi connectivity index (χ1v) is 7.63. The third kappa shape index (κ3) is 2.94. The molecule has 2 aliphatic heterocycles. The van der Waals surface area contributed by atoms with Crippen molar-refractivity contribution in [2.24, 2.45) is 0 Å². The fraction of sp³-hybridized carbons (Fsp3) is 0.438. The van der Waals surface area contributed by atoms with Crippen molar-refractivity contribution in [3.8, 4) is 0 Å². The molecule has 0 aliphatic carbocycles. The van der Waals surface area contributed by atoms with Crippen molar-refractivity contribution < 1.29 is 32.3 Å². The van der Waals surface area contributed by atoms with Crippen LogP contribution in [-0.4, -0.2) is 43.2 Å². The van der Waals surface area contributed by atoms with Gasteiger partial charge in [-0.1, -0.05) is 18.2 Å². The second-order valence-corrected chi connectivity index (χ2v) is 5.94. The van der Waals surface area contributed by atoms with Gasteiger partial charge in [-0.05, 0) is 24.0 Å². The number of esters is 1. The highest BCUT2D eigenvalue weighted by Gasteiger charge is 2.46. The summed E-state index contributed by atoms with van der Waals surface area (Å²) < 4.78 is 42.3. The maximum Gasteiger partial charge on any atom is 0.471 e. The zero-order chi connectivity index (χ0) is 18.4. The van der Waals surface area contributed by atoms with Gasteiger partial charge >= 0.3 is 18.1 Å². The summed E-state index contributed by atoms with van der Waals surface area (Å²) in [7, 11) is 1.18. The van der Waals surface area contributed by atoms with Crippen molar-refractivity contribution in [1.82, 2.24) is 5.32 Å². The number of anilines is 1. The highest BCUT2D eigenvalue weighted by Crippen LogP contribution is 2.39. The number of ether oxygens (including phenoxy) is 1. The number of amides is 2. The zero-order valence-electron chi connectivity index (χ0n) is 13.2. The number of nitrogens with zero attached hydrogens (tertiary/aromatic N) is 1. The van der Waals surface area contributed by atoms with Gasteiger partial charge in [0.15, 0.2) is 0 Å². The van der Waals surface area contributed by atoms with E-state index in [-0.39, 0.29) is 12.8 Å². The zero-order valence-corrected chi connectivity index (χ0v) is 13.2. The van der Waals surface area contributed by atoms with Gasteiger partial charge in [0.1, 0.15) is 12.1 Å². The molecule has 0 aromatic heterocycles. The van der Waals surface area contributed by atoms with Gasteiger partial charge in [0, 0.05) is 6.42 Å². The Morgan fingerprint density at radius 3 is 2.60 bits per heavy atom. The first-order valence-electron chi connectivity index (χ1n) is 7.63. The van der Waals surface area contributed by atoms with Crippen LogP contribution in [0.3, 0.4) is 0 Å². The molecule has 2 heterocycles. The van der Waals surface area contributed by atoms with Crippen LogP contribution in [0, 0.1) is 0 Å². The first kappa shape index (κ1) is 17.2. The number of aryl methyl sites for hydroxylation is 1. The minimum Gasteiger partial charge on any atom is -0.467 e. The van der Waals surface area contributed by atoms with Gasteiger partial charge in [-0.15, -0.1) is 0 Å². The number of carbonyl (C=O) groups is 3. The topological polar surface area (TPSA) is 75.7 Å². The Morgan fingerprint density at radius 1 is 1.28 bits per heavy atom. The molecule has 0 radical (unpaired) electrons. The third-order valence-electron chi connectivity index (χ3n) is 4.44. The van der Waals surface area contributed by atoms with E-state index in [0.29, 0.717) is 12.1 Å². The van der Waals surface area contributed by atoms with Crippen molar-refractivity contribution in [2.45, 2.75) is 37.5 Å². The number of alkyl halides is 3. The van der Waals surface area contributed by atoms with E-state index >= 15 is 0 Å². The number of nitrogens with one attached hydrogen (secondary N) is 1. The molecule has 0 unspecified atom stereocenters. The van der Waals surface area contributed by atoms with Crippen LogP contribution in [0.4, 0.5) is 18.9 Å². The lowest BCUT2D eigenvalue weighted by Crippen LogP contribution is -2.54. The molecule has 6 nitrogen and oxygen atoms in total. The molecule has 2 atom stereocenters. The number of halogens is 3. The summed E-state index contributed by atoms with van der Waals surface area (Å²) in [4.78, 5) is 37.3. The normalized spacial score (nSPS) is 22.2. The van der Waals surface area contributed by atoms with Crippen molar-refractivity contribution >= 4 is 23.5 Å². The minimum absolute atomic E-state index is 0.0154. The molecule has 2 aliphatic rings. The van der Waals surface area contributed by atoms with Gasteiger partial charge in [0.25, 0.3) is 0 Å². The fourth-order valence-electron chi connectivity index (χ4n) is 3.33. The van der Waals surface area contributed by atoms with Crippen LogP contribution >= 0.6 is 0 Å². The molecule has 1 aromatic carbocycles. The molecular formula is C16H15F3N2O4. The molecule has 1 N–H and O–H groups in total. The summed E-state index contributed by atoms with van der Waals surface area (Å²) in [5, 5.41) is 1.74. The maximum atomic E-state index is 12.8. The third-order valence-corrected chi connectivity index (χ3v) is 4.44. The Labute approximate surface area is 140 Å². The summed E-state index contributed by atoms with van der Waals surface area (Å²) in [5.41, 5.74) is 2.04. The number of rotatable bonds is 2. The Hall–Kier alpha value is -2.58. The summed E-state index contributed by atoms with van der Waals surface area (Å²) >= 11 is 0. The molecule has 1 aromatic rings. The highest BCUT2D eigenvalue weighted by molar-refractivity contribution is 6.07. The van der Waals surface area contributed by atoms with Gasteiger partial charge < -0.3 is 10.1 Å². The van der Waals surface area contributed by atoms with Crippen LogP contribution in [0.15, 0.2) is 18.2 Å². The molecule has 2 amide bonds. The van der Waals surface area contributed by atoms with E-state index in [2.05, 4.69) is 0 Å². The van der Waals surface area contributed by atoms with Gasteiger partial charge in [0.05, 0.1) is 12.8 Å². The highest BCUT2D eigenvalue weighted by atomic mass is 19.4. The molecule has 25 heavy (non-hydrogen) atoms. The number of hydrogen-bond donors (Lipinski definition) is 1. The van der Waals surface area contributed by atoms with Crippen LogP contribution in [0.2, 0.25) is 0 Å². The Bertz CT molecular complexity index is 747. The van der Waals surface area contributed by atoms with E-state index in [0.717, 1.165) is 11.1 Å². The molecule has 0 spiro atoms. The van der Waals surface area contributed by atoms with Gasteiger partial charge in [-0.2, -0.15) is 13.2 Å². The van der Waals surface area contributed by atoms with Crippen LogP contribution in [0.5, 0.6) is 0 Å². The van der Waals surface area contributed by atoms with E-state index in [1.807, 2.05) is 0 Å². The average molecular weight is 356 g/mol. The number of hydrogen-bond acceptors (Lipinski definition) is 4. The van der Waals surface area contributed by atoms with Crippen molar-refractivity contribution in [3.63, 3.8) is 0 Å². The molecule has 0 saturated carbocycles. The summed E-state index contributed by atoms with van der Waals surface area (Å²) in [6.45, 7) is 0. The van der Waals surface area contributed by atoms with Crippen LogP contribution in [0.25, 0.3) is 0 Å². The van der Waals surface area contributed by atoms with Gasteiger partial charge in [-0.25, -0.2) is 4.79 Å². The molecule has 0 saturated heterocycles. The maximum absolute atomic E-state index is 12.8. The van der Waals surface area contributed by atoms with Crippen molar-refractivity contribution in [1.29, 1.82) is 0 Å². The Morgan fingerprint density at radius 2 is 1.96 bits per heavy atom. The summed E-state index contributed by atoms with van der Waals surface area (Å²) in [6.07, 6.45) is -4.54. The predicted octanol–water partition coefficient (Wildman–Crippen LogP) is 1.11. The van der Waals surface area contributed by atoms with Crippen LogP contribution in [-0.2, 0) is 32.0 Å². The lowest BCUT2D eigenvalue weighted by atomic mass is 10.0. The minimum atomic E-state index is -5.09. The van der Waals surface area contributed by atoms with Crippen LogP contribution < -0.4 is 10.2 Å². The quantitative estimate of drug-likeness (QED) is 0.806. The monoisotopic (exact) mass is 356 g/mol. The standard InChI is InChI=1S/C16H15F3N2O4/c1-25-14(23)11-7-9-4-2-3-8-5-6-10(13(22)21(11)12(8)9)20-15(24)16(17,18)19/h2-4,10-11H,5-7H2,1H3,(H,20,24)/t10-,11-/m0/s1. The van der Waals surface area contributed by atoms with E-state index in [4.69, 9.17) is 4.74 Å². The Kier molecular flexibility index (Phi) is 4.18. The average Bonchev–Trinajstić information content (AvgIpc) is 2.89. The molecule has 134 valence electrons. The fourth-order valence-corrected chi connectivity index (χ4v) is 3.33. The molecule has 3 rings (SSSR count). The van der Waals surface area contributed by atoms with E-state index in [1.54, 1.807) is 23.5 Å². The number of methoxy groups -OCH3 is 1. The van der Waals surface area contributed by atoms with E-state index < -0.39 is 36.0 Å². The molecule has 0 fully saturated rings. The van der Waals surface area contributed by atoms with Gasteiger partial charge in [0.2, 0.25) is 5.91 Å². The van der Waals surface area contributed by atoms with Crippen molar-refractivity contribution in [3.05, 3.63) is 29.3 Å². The van der Waals surface area contributed by atoms with E-state index in [9.17, 15) is 27.6 Å². The number of benzene rings is 1. The lowest BCUT2D eigenvalue weighted by Gasteiger charge is -2.27. The first-order chi connectivity index (χ1) is 11.7. The second kappa shape index (κ2) is 6.05. The smallest absolute Gasteiger partial charge is 0.467 e. The predicted molar refractivity (Wildman–Crippen MR) is 79.7 cm³/mol. The van der Waals surface area contributed by atoms with Crippen LogP contribution in [0.1, 0.15) is 17.5 Å². The summed E-state index contributed by atoms with van der Waals surface area (Å²) in [5.74, 6) is -3.57.